The van der Waals surface area contributed by atoms with Crippen molar-refractivity contribution in [3.63, 3.8) is 0 Å². The van der Waals surface area contributed by atoms with E-state index < -0.39 is 0 Å². The number of halogens is 1. The molecule has 176 valence electrons. The second-order valence-electron chi connectivity index (χ2n) is 7.43. The fraction of sp³-hybridized carbons (Fsp3) is 0.417. The zero-order valence-corrected chi connectivity index (χ0v) is 22.2. The van der Waals surface area contributed by atoms with Gasteiger partial charge in [-0.15, -0.1) is 24.0 Å². The van der Waals surface area contributed by atoms with Crippen LogP contribution >= 0.6 is 24.0 Å². The molecule has 1 amide bonds. The first-order valence-electron chi connectivity index (χ1n) is 10.4. The number of benzene rings is 2. The third-order valence-corrected chi connectivity index (χ3v) is 4.90. The van der Waals surface area contributed by atoms with E-state index in [1.165, 1.54) is 5.56 Å². The van der Waals surface area contributed by atoms with Gasteiger partial charge in [-0.2, -0.15) is 0 Å². The van der Waals surface area contributed by atoms with Gasteiger partial charge >= 0.3 is 0 Å². The molecular weight excluding hydrogens is 519 g/mol. The van der Waals surface area contributed by atoms with E-state index in [0.717, 1.165) is 42.5 Å². The quantitative estimate of drug-likeness (QED) is 0.291. The average molecular weight is 554 g/mol. The van der Waals surface area contributed by atoms with Crippen LogP contribution in [0, 0.1) is 0 Å². The molecule has 7 nitrogen and oxygen atoms in total. The van der Waals surface area contributed by atoms with Crippen LogP contribution in [0.15, 0.2) is 47.5 Å². The monoisotopic (exact) mass is 554 g/mol. The van der Waals surface area contributed by atoms with Gasteiger partial charge in [0.25, 0.3) is 5.91 Å². The number of nitrogens with one attached hydrogen (secondary N) is 1. The summed E-state index contributed by atoms with van der Waals surface area (Å²) < 4.78 is 10.7. The van der Waals surface area contributed by atoms with Crippen LogP contribution in [0.25, 0.3) is 0 Å². The number of methoxy groups -OCH3 is 2. The van der Waals surface area contributed by atoms with Crippen molar-refractivity contribution >= 4 is 35.8 Å². The minimum Gasteiger partial charge on any atom is -0.493 e. The molecule has 0 heterocycles. The molecule has 0 atom stereocenters. The molecule has 0 bridgehead atoms. The molecule has 0 radical (unpaired) electrons. The standard InChI is InChI=1S/C24H34N4O3.HI/c1-7-25-24(26-17-19-8-11-20(12-9-19)23(29)27(2)3)28(4)15-14-18-10-13-21(30-5)22(16-18)31-6;/h8-13,16H,7,14-15,17H2,1-6H3,(H,25,26);1H. The Balaban J connectivity index is 0.00000512. The Kier molecular flexibility index (Phi) is 11.9. The number of ether oxygens (including phenoxy) is 2. The predicted molar refractivity (Wildman–Crippen MR) is 141 cm³/mol. The second-order valence-corrected chi connectivity index (χ2v) is 7.43. The van der Waals surface area contributed by atoms with Gasteiger partial charge in [0.05, 0.1) is 20.8 Å². The Morgan fingerprint density at radius 3 is 2.16 bits per heavy atom. The zero-order valence-electron chi connectivity index (χ0n) is 19.8. The highest BCUT2D eigenvalue weighted by Gasteiger charge is 2.10. The molecule has 2 aromatic carbocycles. The molecule has 1 N–H and O–H groups in total. The third kappa shape index (κ3) is 7.89. The lowest BCUT2D eigenvalue weighted by molar-refractivity contribution is 0.0827. The Morgan fingerprint density at radius 2 is 1.59 bits per heavy atom. The van der Waals surface area contributed by atoms with E-state index in [2.05, 4.69) is 23.2 Å². The highest BCUT2D eigenvalue weighted by molar-refractivity contribution is 14.0. The van der Waals surface area contributed by atoms with Crippen LogP contribution < -0.4 is 14.8 Å². The number of amides is 1. The Bertz CT molecular complexity index is 885. The highest BCUT2D eigenvalue weighted by Crippen LogP contribution is 2.27. The number of hydrogen-bond acceptors (Lipinski definition) is 4. The normalized spacial score (nSPS) is 10.8. The lowest BCUT2D eigenvalue weighted by atomic mass is 10.1. The molecule has 0 saturated carbocycles. The van der Waals surface area contributed by atoms with Crippen molar-refractivity contribution in [2.24, 2.45) is 4.99 Å². The Hall–Kier alpha value is -2.49. The van der Waals surface area contributed by atoms with E-state index in [4.69, 9.17) is 14.5 Å². The summed E-state index contributed by atoms with van der Waals surface area (Å²) in [5.74, 6) is 2.31. The summed E-state index contributed by atoms with van der Waals surface area (Å²) in [5, 5.41) is 3.34. The summed E-state index contributed by atoms with van der Waals surface area (Å²) in [4.78, 5) is 20.5. The summed E-state index contributed by atoms with van der Waals surface area (Å²) in [6.45, 7) is 4.19. The maximum Gasteiger partial charge on any atom is 0.253 e. The van der Waals surface area contributed by atoms with Crippen LogP contribution in [0.3, 0.4) is 0 Å². The van der Waals surface area contributed by atoms with Gasteiger partial charge in [-0.3, -0.25) is 4.79 Å². The number of likely N-dealkylation sites (N-methyl/N-ethyl adjacent to an activating group) is 1. The summed E-state index contributed by atoms with van der Waals surface area (Å²) in [6.07, 6.45) is 0.850. The van der Waals surface area contributed by atoms with Crippen molar-refractivity contribution in [2.45, 2.75) is 19.9 Å². The summed E-state index contributed by atoms with van der Waals surface area (Å²) in [5.41, 5.74) is 2.90. The fourth-order valence-corrected chi connectivity index (χ4v) is 3.09. The Morgan fingerprint density at radius 1 is 0.969 bits per heavy atom. The van der Waals surface area contributed by atoms with Crippen molar-refractivity contribution in [2.75, 3.05) is 48.5 Å². The lowest BCUT2D eigenvalue weighted by Crippen LogP contribution is -2.39. The zero-order chi connectivity index (χ0) is 22.8. The van der Waals surface area contributed by atoms with Gasteiger partial charge in [-0.25, -0.2) is 4.99 Å². The number of carbonyl (C=O) groups excluding carboxylic acids is 1. The fourth-order valence-electron chi connectivity index (χ4n) is 3.09. The third-order valence-electron chi connectivity index (χ3n) is 4.90. The molecule has 0 unspecified atom stereocenters. The van der Waals surface area contributed by atoms with Crippen LogP contribution in [0.1, 0.15) is 28.4 Å². The van der Waals surface area contributed by atoms with Gasteiger partial charge in [0.15, 0.2) is 17.5 Å². The molecular formula is C24H35IN4O3. The van der Waals surface area contributed by atoms with Gasteiger partial charge in [-0.1, -0.05) is 18.2 Å². The average Bonchev–Trinajstić information content (AvgIpc) is 2.79. The molecule has 0 aliphatic carbocycles. The van der Waals surface area contributed by atoms with Crippen LogP contribution in [0.4, 0.5) is 0 Å². The molecule has 0 fully saturated rings. The van der Waals surface area contributed by atoms with Gasteiger partial charge in [-0.05, 0) is 48.7 Å². The minimum atomic E-state index is -0.00159. The van der Waals surface area contributed by atoms with E-state index >= 15 is 0 Å². The molecule has 0 aromatic heterocycles. The van der Waals surface area contributed by atoms with Crippen molar-refractivity contribution in [1.29, 1.82) is 0 Å². The smallest absolute Gasteiger partial charge is 0.253 e. The number of carbonyl (C=O) groups is 1. The SMILES string of the molecule is CCNC(=NCc1ccc(C(=O)N(C)C)cc1)N(C)CCc1ccc(OC)c(OC)c1.I. The molecule has 32 heavy (non-hydrogen) atoms. The summed E-state index contributed by atoms with van der Waals surface area (Å²) >= 11 is 0. The van der Waals surface area contributed by atoms with E-state index in [1.54, 1.807) is 33.2 Å². The maximum atomic E-state index is 12.0. The van der Waals surface area contributed by atoms with E-state index in [-0.39, 0.29) is 29.9 Å². The van der Waals surface area contributed by atoms with Crippen LogP contribution in [0.5, 0.6) is 11.5 Å². The number of nitrogens with zero attached hydrogens (tertiary/aromatic N) is 3. The highest BCUT2D eigenvalue weighted by atomic mass is 127. The van der Waals surface area contributed by atoms with E-state index in [9.17, 15) is 4.79 Å². The second kappa shape index (κ2) is 13.8. The summed E-state index contributed by atoms with van der Waals surface area (Å²) in [6, 6.07) is 13.6. The molecule has 8 heteroatoms. The first-order chi connectivity index (χ1) is 14.9. The lowest BCUT2D eigenvalue weighted by Gasteiger charge is -2.22. The van der Waals surface area contributed by atoms with Crippen LogP contribution in [-0.2, 0) is 13.0 Å². The number of aliphatic imine (C=N–C) groups is 1. The molecule has 0 aliphatic heterocycles. The van der Waals surface area contributed by atoms with Gasteiger partial charge in [0.1, 0.15) is 0 Å². The topological polar surface area (TPSA) is 66.4 Å². The van der Waals surface area contributed by atoms with Crippen molar-refractivity contribution in [3.05, 3.63) is 59.2 Å². The Labute approximate surface area is 208 Å². The molecule has 2 rings (SSSR count). The van der Waals surface area contributed by atoms with E-state index in [1.807, 2.05) is 43.4 Å². The first-order valence-corrected chi connectivity index (χ1v) is 10.4. The van der Waals surface area contributed by atoms with Crippen molar-refractivity contribution < 1.29 is 14.3 Å². The molecule has 0 spiro atoms. The first kappa shape index (κ1) is 27.5. The van der Waals surface area contributed by atoms with E-state index in [0.29, 0.717) is 12.1 Å². The number of rotatable bonds is 9. The van der Waals surface area contributed by atoms with Crippen LogP contribution in [0.2, 0.25) is 0 Å². The van der Waals surface area contributed by atoms with Crippen molar-refractivity contribution in [3.8, 4) is 11.5 Å². The van der Waals surface area contributed by atoms with Gasteiger partial charge < -0.3 is 24.6 Å². The number of guanidine groups is 1. The van der Waals surface area contributed by atoms with Crippen molar-refractivity contribution in [1.82, 2.24) is 15.1 Å². The largest absolute Gasteiger partial charge is 0.493 e. The minimum absolute atomic E-state index is 0. The summed E-state index contributed by atoms with van der Waals surface area (Å²) in [7, 11) is 8.81. The molecule has 0 saturated heterocycles. The van der Waals surface area contributed by atoms with Gasteiger partial charge in [0, 0.05) is 39.8 Å². The van der Waals surface area contributed by atoms with Gasteiger partial charge in [0.2, 0.25) is 0 Å². The molecule has 0 aliphatic rings. The maximum absolute atomic E-state index is 12.0. The van der Waals surface area contributed by atoms with Crippen LogP contribution in [-0.4, -0.2) is 70.1 Å². The molecule has 2 aromatic rings. The predicted octanol–water partition coefficient (Wildman–Crippen LogP) is 3.66. The number of hydrogen-bond donors (Lipinski definition) is 1.